The monoisotopic (exact) mass is 508 g/mol. The number of carbonyl (C=O) groups excluding carboxylic acids is 1. The van der Waals surface area contributed by atoms with Gasteiger partial charge in [-0.05, 0) is 62.4 Å². The minimum atomic E-state index is -0.217. The predicted molar refractivity (Wildman–Crippen MR) is 149 cm³/mol. The number of epoxide rings is 1. The molecule has 7 atom stereocenters. The standard InChI is InChI=1S/C32H36N4O2/c1-5-6-7-15-24(37)35-18-16-31-21-12-8-9-13-22(21)33-28-32(31)17-19-36(29(31)35)26(27-30(2,3)38-27)20-11-10-14-23(25(20)32)34(28)4/h5-15,26-29,33H,16-19H2,1-4H3/b6-5+,15-7+/t26-,27+,28+,29+,31-,32-/m0/s1. The number of carbonyl (C=O) groups is 1. The number of nitrogens with one attached hydrogen (secondary N) is 1. The number of para-hydroxylation sites is 1. The van der Waals surface area contributed by atoms with Gasteiger partial charge in [0, 0.05) is 43.0 Å². The van der Waals surface area contributed by atoms with Crippen molar-refractivity contribution in [3.63, 3.8) is 0 Å². The lowest BCUT2D eigenvalue weighted by atomic mass is 9.50. The second-order valence-corrected chi connectivity index (χ2v) is 12.5. The van der Waals surface area contributed by atoms with Crippen LogP contribution in [-0.4, -0.2) is 59.9 Å². The third-order valence-corrected chi connectivity index (χ3v) is 10.7. The molecule has 2 aromatic carbocycles. The molecule has 3 saturated heterocycles. The van der Waals surface area contributed by atoms with Crippen molar-refractivity contribution >= 4 is 17.3 Å². The smallest absolute Gasteiger partial charge is 0.247 e. The van der Waals surface area contributed by atoms with Gasteiger partial charge in [-0.15, -0.1) is 0 Å². The zero-order valence-corrected chi connectivity index (χ0v) is 22.6. The molecular weight excluding hydrogens is 472 g/mol. The number of nitrogens with zero attached hydrogens (tertiary/aromatic N) is 3. The fourth-order valence-corrected chi connectivity index (χ4v) is 9.30. The van der Waals surface area contributed by atoms with Gasteiger partial charge in [0.25, 0.3) is 0 Å². The average Bonchev–Trinajstić information content (AvgIpc) is 3.31. The first-order valence-corrected chi connectivity index (χ1v) is 14.1. The van der Waals surface area contributed by atoms with Crippen LogP contribution in [0.4, 0.5) is 11.4 Å². The van der Waals surface area contributed by atoms with E-state index in [1.54, 1.807) is 6.08 Å². The number of piperidine rings is 1. The van der Waals surface area contributed by atoms with Crippen LogP contribution >= 0.6 is 0 Å². The molecule has 6 aliphatic heterocycles. The first-order valence-electron chi connectivity index (χ1n) is 14.1. The number of anilines is 2. The van der Waals surface area contributed by atoms with E-state index in [9.17, 15) is 4.79 Å². The molecule has 1 amide bonds. The van der Waals surface area contributed by atoms with Crippen molar-refractivity contribution in [2.24, 2.45) is 0 Å². The third-order valence-electron chi connectivity index (χ3n) is 10.7. The second-order valence-electron chi connectivity index (χ2n) is 12.5. The van der Waals surface area contributed by atoms with Crippen LogP contribution in [0.3, 0.4) is 0 Å². The number of benzene rings is 2. The first kappa shape index (κ1) is 22.9. The summed E-state index contributed by atoms with van der Waals surface area (Å²) in [7, 11) is 2.25. The van der Waals surface area contributed by atoms with Gasteiger partial charge in [0.2, 0.25) is 5.91 Å². The van der Waals surface area contributed by atoms with E-state index >= 15 is 0 Å². The molecule has 1 unspecified atom stereocenters. The summed E-state index contributed by atoms with van der Waals surface area (Å²) in [5.41, 5.74) is 6.27. The van der Waals surface area contributed by atoms with Gasteiger partial charge in [0.1, 0.15) is 12.3 Å². The largest absolute Gasteiger partial charge is 0.365 e. The summed E-state index contributed by atoms with van der Waals surface area (Å²) in [6, 6.07) is 15.9. The molecule has 6 aliphatic rings. The summed E-state index contributed by atoms with van der Waals surface area (Å²) in [5, 5.41) is 4.01. The molecular formula is C32H36N4O2. The number of likely N-dealkylation sites (N-methyl/N-ethyl adjacent to an activating group) is 1. The number of allylic oxidation sites excluding steroid dienone is 3. The minimum absolute atomic E-state index is 0.0403. The quantitative estimate of drug-likeness (QED) is 0.370. The van der Waals surface area contributed by atoms with E-state index in [-0.39, 0.29) is 46.8 Å². The molecule has 0 aliphatic carbocycles. The highest BCUT2D eigenvalue weighted by Gasteiger charge is 2.77. The van der Waals surface area contributed by atoms with Crippen LogP contribution in [0.2, 0.25) is 0 Å². The highest BCUT2D eigenvalue weighted by Crippen LogP contribution is 2.72. The molecule has 0 radical (unpaired) electrons. The number of ether oxygens (including phenoxy) is 1. The molecule has 1 N–H and O–H groups in total. The van der Waals surface area contributed by atoms with E-state index in [1.807, 2.05) is 25.2 Å². The van der Waals surface area contributed by atoms with Gasteiger partial charge in [0.05, 0.1) is 23.2 Å². The molecule has 2 spiro atoms. The highest BCUT2D eigenvalue weighted by atomic mass is 16.6. The summed E-state index contributed by atoms with van der Waals surface area (Å²) in [6.07, 6.45) is 9.76. The Balaban J connectivity index is 1.44. The Labute approximate surface area is 224 Å². The first-order chi connectivity index (χ1) is 18.4. The summed E-state index contributed by atoms with van der Waals surface area (Å²) >= 11 is 0. The van der Waals surface area contributed by atoms with Gasteiger partial charge in [-0.2, -0.15) is 0 Å². The van der Waals surface area contributed by atoms with Crippen LogP contribution in [0, 0.1) is 0 Å². The molecule has 6 nitrogen and oxygen atoms in total. The normalized spacial score (nSPS) is 38.7. The zero-order valence-electron chi connectivity index (χ0n) is 22.6. The van der Waals surface area contributed by atoms with Crippen molar-refractivity contribution in [3.8, 4) is 0 Å². The second kappa shape index (κ2) is 7.30. The summed E-state index contributed by atoms with van der Waals surface area (Å²) in [4.78, 5) is 21.3. The Bertz CT molecular complexity index is 1430. The highest BCUT2D eigenvalue weighted by molar-refractivity contribution is 5.89. The summed E-state index contributed by atoms with van der Waals surface area (Å²) in [6.45, 7) is 8.10. The summed E-state index contributed by atoms with van der Waals surface area (Å²) in [5.74, 6) is 0.104. The van der Waals surface area contributed by atoms with Crippen LogP contribution in [0.25, 0.3) is 0 Å². The number of hydrogen-bond donors (Lipinski definition) is 1. The topological polar surface area (TPSA) is 51.4 Å². The maximum Gasteiger partial charge on any atom is 0.247 e. The SMILES string of the molecule is C/C=C/C=C/C(=O)N1CC[C@@]23c4ccccc4N[C@@H]4N(C)c5cccc6c5[C@@]42CCN([C@@H]13)[C@@H]6[C@H]1OC1(C)C. The van der Waals surface area contributed by atoms with E-state index in [0.29, 0.717) is 0 Å². The average molecular weight is 509 g/mol. The van der Waals surface area contributed by atoms with Crippen molar-refractivity contribution in [3.05, 3.63) is 83.5 Å². The van der Waals surface area contributed by atoms with Gasteiger partial charge < -0.3 is 19.9 Å². The molecule has 6 heteroatoms. The summed E-state index contributed by atoms with van der Waals surface area (Å²) < 4.78 is 6.43. The van der Waals surface area contributed by atoms with Crippen molar-refractivity contribution in [2.75, 3.05) is 30.4 Å². The lowest BCUT2D eigenvalue weighted by Crippen LogP contribution is -2.73. The number of likely N-dealkylation sites (tertiary alicyclic amines) is 1. The molecule has 38 heavy (non-hydrogen) atoms. The Morgan fingerprint density at radius 1 is 1.05 bits per heavy atom. The van der Waals surface area contributed by atoms with Gasteiger partial charge >= 0.3 is 0 Å². The molecule has 3 fully saturated rings. The van der Waals surface area contributed by atoms with E-state index in [2.05, 4.69) is 83.4 Å². The number of hydrogen-bond acceptors (Lipinski definition) is 5. The number of amides is 1. The number of fused-ring (bicyclic) bond motifs is 1. The van der Waals surface area contributed by atoms with Crippen LogP contribution in [0.5, 0.6) is 0 Å². The van der Waals surface area contributed by atoms with Crippen LogP contribution in [-0.2, 0) is 20.4 Å². The van der Waals surface area contributed by atoms with Gasteiger partial charge in [-0.3, -0.25) is 9.69 Å². The maximum atomic E-state index is 13.9. The fraction of sp³-hybridized carbons (Fsp3) is 0.469. The molecule has 0 saturated carbocycles. The zero-order chi connectivity index (χ0) is 26.0. The van der Waals surface area contributed by atoms with Crippen molar-refractivity contribution in [2.45, 2.75) is 74.5 Å². The molecule has 0 aromatic heterocycles. The molecule has 6 heterocycles. The van der Waals surface area contributed by atoms with Gasteiger partial charge in [-0.25, -0.2) is 0 Å². The number of rotatable bonds is 3. The molecule has 8 rings (SSSR count). The van der Waals surface area contributed by atoms with Crippen molar-refractivity contribution in [1.29, 1.82) is 0 Å². The molecule has 2 bridgehead atoms. The fourth-order valence-electron chi connectivity index (χ4n) is 9.30. The van der Waals surface area contributed by atoms with E-state index in [1.165, 1.54) is 28.1 Å². The Morgan fingerprint density at radius 2 is 1.84 bits per heavy atom. The molecule has 2 aromatic rings. The third kappa shape index (κ3) is 2.45. The maximum absolute atomic E-state index is 13.9. The predicted octanol–water partition coefficient (Wildman–Crippen LogP) is 4.69. The van der Waals surface area contributed by atoms with Crippen LogP contribution < -0.4 is 10.2 Å². The van der Waals surface area contributed by atoms with Crippen LogP contribution in [0.1, 0.15) is 56.3 Å². The Hall–Kier alpha value is -3.09. The van der Waals surface area contributed by atoms with Crippen molar-refractivity contribution < 1.29 is 9.53 Å². The molecule has 196 valence electrons. The van der Waals surface area contributed by atoms with Crippen LogP contribution in [0.15, 0.2) is 66.8 Å². The van der Waals surface area contributed by atoms with Crippen molar-refractivity contribution in [1.82, 2.24) is 9.80 Å². The lowest BCUT2D eigenvalue weighted by Gasteiger charge is -2.62. The minimum Gasteiger partial charge on any atom is -0.365 e. The van der Waals surface area contributed by atoms with Gasteiger partial charge in [-0.1, -0.05) is 48.6 Å². The van der Waals surface area contributed by atoms with Gasteiger partial charge in [0.15, 0.2) is 0 Å². The van der Waals surface area contributed by atoms with E-state index < -0.39 is 0 Å². The van der Waals surface area contributed by atoms with E-state index in [4.69, 9.17) is 4.74 Å². The lowest BCUT2D eigenvalue weighted by molar-refractivity contribution is -0.137. The van der Waals surface area contributed by atoms with E-state index in [0.717, 1.165) is 25.9 Å². The Kier molecular flexibility index (Phi) is 4.39. The Morgan fingerprint density at radius 3 is 2.63 bits per heavy atom.